The molecule has 0 saturated carbocycles. The molecule has 4 rings (SSSR count). The van der Waals surface area contributed by atoms with E-state index >= 15 is 0 Å². The van der Waals surface area contributed by atoms with Crippen LogP contribution in [-0.4, -0.2) is 40.7 Å². The highest BCUT2D eigenvalue weighted by atomic mass is 16.5. The molecule has 7 nitrogen and oxygen atoms in total. The number of fused-ring (bicyclic) bond motifs is 1. The highest BCUT2D eigenvalue weighted by Crippen LogP contribution is 2.26. The minimum Gasteiger partial charge on any atom is -0.461 e. The van der Waals surface area contributed by atoms with Gasteiger partial charge in [0.25, 0.3) is 0 Å². The maximum absolute atomic E-state index is 5.38. The Labute approximate surface area is 139 Å². The average molecular weight is 325 g/mol. The average Bonchev–Trinajstić information content (AvgIpc) is 3.25. The SMILES string of the molecule is CN(C)c1ncnc2c1CN(Cc1cc(-c3ccco3)on1)CC2. The van der Waals surface area contributed by atoms with Crippen molar-refractivity contribution in [2.75, 3.05) is 25.5 Å². The van der Waals surface area contributed by atoms with Crippen molar-refractivity contribution in [1.82, 2.24) is 20.0 Å². The summed E-state index contributed by atoms with van der Waals surface area (Å²) in [6, 6.07) is 5.63. The Hall–Kier alpha value is -2.67. The molecule has 0 spiro atoms. The molecule has 0 bridgehead atoms. The standard InChI is InChI=1S/C17H19N5O2/c1-21(2)17-13-10-22(6-5-14(13)18-11-19-17)9-12-8-16(24-20-12)15-4-3-7-23-15/h3-4,7-8,11H,5-6,9-10H2,1-2H3. The smallest absolute Gasteiger partial charge is 0.202 e. The summed E-state index contributed by atoms with van der Waals surface area (Å²) < 4.78 is 10.7. The number of anilines is 1. The van der Waals surface area contributed by atoms with Crippen LogP contribution in [-0.2, 0) is 19.5 Å². The molecule has 0 saturated heterocycles. The van der Waals surface area contributed by atoms with E-state index in [2.05, 4.69) is 20.0 Å². The first-order valence-corrected chi connectivity index (χ1v) is 7.92. The molecule has 24 heavy (non-hydrogen) atoms. The zero-order valence-corrected chi connectivity index (χ0v) is 13.8. The van der Waals surface area contributed by atoms with Crippen molar-refractivity contribution in [3.8, 4) is 11.5 Å². The van der Waals surface area contributed by atoms with Crippen molar-refractivity contribution in [3.05, 3.63) is 47.7 Å². The van der Waals surface area contributed by atoms with Gasteiger partial charge in [0, 0.05) is 51.8 Å². The summed E-state index contributed by atoms with van der Waals surface area (Å²) in [5.74, 6) is 2.34. The van der Waals surface area contributed by atoms with E-state index in [1.54, 1.807) is 12.6 Å². The van der Waals surface area contributed by atoms with Crippen LogP contribution in [0.15, 0.2) is 39.7 Å². The Kier molecular flexibility index (Phi) is 3.78. The highest BCUT2D eigenvalue weighted by Gasteiger charge is 2.23. The highest BCUT2D eigenvalue weighted by molar-refractivity contribution is 5.50. The molecule has 0 radical (unpaired) electrons. The van der Waals surface area contributed by atoms with E-state index in [0.717, 1.165) is 43.3 Å². The fraction of sp³-hybridized carbons (Fsp3) is 0.353. The van der Waals surface area contributed by atoms with Crippen LogP contribution in [0.4, 0.5) is 5.82 Å². The van der Waals surface area contributed by atoms with Crippen LogP contribution in [0.5, 0.6) is 0 Å². The molecule has 0 fully saturated rings. The largest absolute Gasteiger partial charge is 0.461 e. The molecule has 0 N–H and O–H groups in total. The second kappa shape index (κ2) is 6.09. The zero-order chi connectivity index (χ0) is 16.5. The fourth-order valence-electron chi connectivity index (χ4n) is 3.05. The topological polar surface area (TPSA) is 71.4 Å². The number of hydrogen-bond acceptors (Lipinski definition) is 7. The zero-order valence-electron chi connectivity index (χ0n) is 13.8. The van der Waals surface area contributed by atoms with Gasteiger partial charge in [-0.1, -0.05) is 5.16 Å². The molecule has 0 aromatic carbocycles. The summed E-state index contributed by atoms with van der Waals surface area (Å²) >= 11 is 0. The Balaban J connectivity index is 1.51. The quantitative estimate of drug-likeness (QED) is 0.729. The van der Waals surface area contributed by atoms with E-state index in [4.69, 9.17) is 8.94 Å². The lowest BCUT2D eigenvalue weighted by Crippen LogP contribution is -2.32. The van der Waals surface area contributed by atoms with Crippen LogP contribution in [0.25, 0.3) is 11.5 Å². The molecule has 0 amide bonds. The normalized spacial score (nSPS) is 14.6. The van der Waals surface area contributed by atoms with Crippen molar-refractivity contribution < 1.29 is 8.94 Å². The summed E-state index contributed by atoms with van der Waals surface area (Å²) in [4.78, 5) is 13.2. The van der Waals surface area contributed by atoms with Crippen molar-refractivity contribution in [3.63, 3.8) is 0 Å². The third-order valence-electron chi connectivity index (χ3n) is 4.19. The summed E-state index contributed by atoms with van der Waals surface area (Å²) in [6.07, 6.45) is 4.19. The lowest BCUT2D eigenvalue weighted by molar-refractivity contribution is 0.235. The van der Waals surface area contributed by atoms with Crippen LogP contribution in [0.3, 0.4) is 0 Å². The second-order valence-electron chi connectivity index (χ2n) is 6.14. The van der Waals surface area contributed by atoms with E-state index in [1.807, 2.05) is 37.2 Å². The molecule has 3 aromatic heterocycles. The summed E-state index contributed by atoms with van der Waals surface area (Å²) in [7, 11) is 4.02. The van der Waals surface area contributed by atoms with Crippen LogP contribution in [0.1, 0.15) is 17.0 Å². The van der Waals surface area contributed by atoms with Gasteiger partial charge in [-0.2, -0.15) is 0 Å². The predicted octanol–water partition coefficient (Wildman–Crippen LogP) is 2.35. The number of rotatable bonds is 4. The monoisotopic (exact) mass is 325 g/mol. The van der Waals surface area contributed by atoms with Gasteiger partial charge in [0.05, 0.1) is 17.7 Å². The second-order valence-corrected chi connectivity index (χ2v) is 6.14. The molecular weight excluding hydrogens is 306 g/mol. The lowest BCUT2D eigenvalue weighted by atomic mass is 10.1. The summed E-state index contributed by atoms with van der Waals surface area (Å²) in [5.41, 5.74) is 3.23. The Morgan fingerprint density at radius 1 is 1.25 bits per heavy atom. The van der Waals surface area contributed by atoms with Crippen molar-refractivity contribution in [2.45, 2.75) is 19.5 Å². The molecule has 1 aliphatic rings. The van der Waals surface area contributed by atoms with E-state index in [1.165, 1.54) is 5.56 Å². The van der Waals surface area contributed by atoms with E-state index in [-0.39, 0.29) is 0 Å². The first-order valence-electron chi connectivity index (χ1n) is 7.92. The fourth-order valence-corrected chi connectivity index (χ4v) is 3.05. The van der Waals surface area contributed by atoms with Gasteiger partial charge in [-0.25, -0.2) is 9.97 Å². The van der Waals surface area contributed by atoms with Gasteiger partial charge in [0.15, 0.2) is 5.76 Å². The first kappa shape index (κ1) is 14.9. The summed E-state index contributed by atoms with van der Waals surface area (Å²) in [5, 5.41) is 4.16. The molecule has 0 aliphatic carbocycles. The predicted molar refractivity (Wildman–Crippen MR) is 88.4 cm³/mol. The van der Waals surface area contributed by atoms with Gasteiger partial charge in [-0.05, 0) is 12.1 Å². The molecule has 3 aromatic rings. The number of aromatic nitrogens is 3. The number of nitrogens with zero attached hydrogens (tertiary/aromatic N) is 5. The molecule has 124 valence electrons. The third-order valence-corrected chi connectivity index (χ3v) is 4.19. The Morgan fingerprint density at radius 3 is 2.96 bits per heavy atom. The molecule has 0 unspecified atom stereocenters. The first-order chi connectivity index (χ1) is 11.7. The number of furan rings is 1. The van der Waals surface area contributed by atoms with Gasteiger partial charge in [0.2, 0.25) is 5.76 Å². The van der Waals surface area contributed by atoms with Gasteiger partial charge >= 0.3 is 0 Å². The van der Waals surface area contributed by atoms with Gasteiger partial charge in [0.1, 0.15) is 12.1 Å². The van der Waals surface area contributed by atoms with Crippen molar-refractivity contribution in [1.29, 1.82) is 0 Å². The summed E-state index contributed by atoms with van der Waals surface area (Å²) in [6.45, 7) is 2.48. The minimum absolute atomic E-state index is 0.657. The van der Waals surface area contributed by atoms with Crippen molar-refractivity contribution in [2.24, 2.45) is 0 Å². The van der Waals surface area contributed by atoms with Gasteiger partial charge in [-0.15, -0.1) is 0 Å². The molecule has 1 aliphatic heterocycles. The molecule has 0 atom stereocenters. The van der Waals surface area contributed by atoms with E-state index in [0.29, 0.717) is 11.5 Å². The van der Waals surface area contributed by atoms with Crippen LogP contribution in [0, 0.1) is 0 Å². The lowest BCUT2D eigenvalue weighted by Gasteiger charge is -2.29. The van der Waals surface area contributed by atoms with Crippen molar-refractivity contribution >= 4 is 5.82 Å². The number of hydrogen-bond donors (Lipinski definition) is 0. The molecular formula is C17H19N5O2. The van der Waals surface area contributed by atoms with Crippen LogP contribution >= 0.6 is 0 Å². The van der Waals surface area contributed by atoms with E-state index < -0.39 is 0 Å². The molecule has 7 heteroatoms. The molecule has 4 heterocycles. The maximum Gasteiger partial charge on any atom is 0.202 e. The van der Waals surface area contributed by atoms with Gasteiger partial charge < -0.3 is 13.8 Å². The van der Waals surface area contributed by atoms with Crippen LogP contribution in [0.2, 0.25) is 0 Å². The van der Waals surface area contributed by atoms with E-state index in [9.17, 15) is 0 Å². The Bertz CT molecular complexity index is 825. The van der Waals surface area contributed by atoms with Gasteiger partial charge in [-0.3, -0.25) is 4.90 Å². The minimum atomic E-state index is 0.657. The third kappa shape index (κ3) is 2.78. The Morgan fingerprint density at radius 2 is 2.17 bits per heavy atom. The maximum atomic E-state index is 5.38. The van der Waals surface area contributed by atoms with Crippen LogP contribution < -0.4 is 4.90 Å².